The van der Waals surface area contributed by atoms with Gasteiger partial charge < -0.3 is 0 Å². The van der Waals surface area contributed by atoms with Gasteiger partial charge in [-0.3, -0.25) is 0 Å². The van der Waals surface area contributed by atoms with Crippen molar-refractivity contribution in [3.8, 4) is 0 Å². The smallest absolute Gasteiger partial charge is 0.126 e. The average Bonchev–Trinajstić information content (AvgIpc) is 2.02. The molecule has 2 rings (SSSR count). The summed E-state index contributed by atoms with van der Waals surface area (Å²) in [6.45, 7) is 3.91. The van der Waals surface area contributed by atoms with Gasteiger partial charge in [0.15, 0.2) is 0 Å². The molecule has 0 saturated heterocycles. The van der Waals surface area contributed by atoms with Crippen LogP contribution >= 0.6 is 15.9 Å². The van der Waals surface area contributed by atoms with E-state index in [1.54, 1.807) is 0 Å². The molecule has 0 amide bonds. The molecule has 1 aromatic carbocycles. The number of halogens is 1. The lowest BCUT2D eigenvalue weighted by atomic mass is 10.2. The highest BCUT2D eigenvalue weighted by molar-refractivity contribution is 9.10. The van der Waals surface area contributed by atoms with Gasteiger partial charge in [-0.1, -0.05) is 22.0 Å². The predicted octanol–water partition coefficient (Wildman–Crippen LogP) is 3.01. The largest absolute Gasteiger partial charge is 0.238 e. The van der Waals surface area contributed by atoms with Crippen molar-refractivity contribution in [1.29, 1.82) is 0 Å². The topological polar surface area (TPSA) is 25.8 Å². The number of hydrogen-bond donors (Lipinski definition) is 0. The van der Waals surface area contributed by atoms with Crippen LogP contribution < -0.4 is 0 Å². The van der Waals surface area contributed by atoms with Crippen LogP contribution in [0.3, 0.4) is 0 Å². The van der Waals surface area contributed by atoms with Gasteiger partial charge in [-0.15, -0.1) is 0 Å². The molecular formula is C10H9BrN2. The maximum Gasteiger partial charge on any atom is 0.126 e. The van der Waals surface area contributed by atoms with Crippen LogP contribution in [0.4, 0.5) is 0 Å². The molecule has 66 valence electrons. The summed E-state index contributed by atoms with van der Waals surface area (Å²) in [6, 6.07) is 5.99. The van der Waals surface area contributed by atoms with Crippen molar-refractivity contribution in [2.24, 2.45) is 0 Å². The number of nitrogens with zero attached hydrogens (tertiary/aromatic N) is 2. The molecule has 0 aliphatic carbocycles. The normalized spacial score (nSPS) is 10.7. The quantitative estimate of drug-likeness (QED) is 0.703. The minimum Gasteiger partial charge on any atom is -0.238 e. The van der Waals surface area contributed by atoms with E-state index in [1.165, 1.54) is 0 Å². The van der Waals surface area contributed by atoms with Crippen LogP contribution in [-0.2, 0) is 0 Å². The van der Waals surface area contributed by atoms with E-state index in [9.17, 15) is 0 Å². The first-order chi connectivity index (χ1) is 6.18. The van der Waals surface area contributed by atoms with Crippen molar-refractivity contribution in [2.75, 3.05) is 0 Å². The van der Waals surface area contributed by atoms with E-state index in [1.807, 2.05) is 32.0 Å². The van der Waals surface area contributed by atoms with E-state index in [2.05, 4.69) is 25.9 Å². The Morgan fingerprint density at radius 3 is 2.69 bits per heavy atom. The highest BCUT2D eigenvalue weighted by atomic mass is 79.9. The van der Waals surface area contributed by atoms with Crippen LogP contribution in [0.15, 0.2) is 22.7 Å². The Morgan fingerprint density at radius 2 is 1.92 bits per heavy atom. The lowest BCUT2D eigenvalue weighted by molar-refractivity contribution is 1.05. The van der Waals surface area contributed by atoms with Gasteiger partial charge >= 0.3 is 0 Å². The van der Waals surface area contributed by atoms with Crippen LogP contribution in [0.25, 0.3) is 10.9 Å². The fourth-order valence-corrected chi connectivity index (χ4v) is 2.10. The first kappa shape index (κ1) is 8.63. The Hall–Kier alpha value is -0.960. The molecular weight excluding hydrogens is 228 g/mol. The second-order valence-electron chi connectivity index (χ2n) is 2.99. The molecule has 1 aromatic heterocycles. The van der Waals surface area contributed by atoms with Gasteiger partial charge in [-0.25, -0.2) is 9.97 Å². The van der Waals surface area contributed by atoms with Crippen molar-refractivity contribution in [3.05, 3.63) is 34.2 Å². The van der Waals surface area contributed by atoms with E-state index < -0.39 is 0 Å². The van der Waals surface area contributed by atoms with Gasteiger partial charge in [0.2, 0.25) is 0 Å². The highest BCUT2D eigenvalue weighted by Gasteiger charge is 2.04. The number of aryl methyl sites for hydroxylation is 2. The van der Waals surface area contributed by atoms with Crippen LogP contribution in [-0.4, -0.2) is 9.97 Å². The summed E-state index contributed by atoms with van der Waals surface area (Å²) in [6.07, 6.45) is 0. The number of aromatic nitrogens is 2. The summed E-state index contributed by atoms with van der Waals surface area (Å²) >= 11 is 3.49. The second-order valence-corrected chi connectivity index (χ2v) is 3.84. The minimum absolute atomic E-state index is 0.822. The zero-order chi connectivity index (χ0) is 9.42. The lowest BCUT2D eigenvalue weighted by Gasteiger charge is -2.03. The summed E-state index contributed by atoms with van der Waals surface area (Å²) < 4.78 is 1.06. The van der Waals surface area contributed by atoms with Crippen LogP contribution in [0.1, 0.15) is 11.5 Å². The summed E-state index contributed by atoms with van der Waals surface area (Å²) in [5.74, 6) is 0.822. The Labute approximate surface area is 85.1 Å². The maximum atomic E-state index is 4.36. The van der Waals surface area contributed by atoms with Crippen molar-refractivity contribution in [1.82, 2.24) is 9.97 Å². The number of benzene rings is 1. The van der Waals surface area contributed by atoms with Gasteiger partial charge in [0, 0.05) is 15.6 Å². The maximum absolute atomic E-state index is 4.36. The van der Waals surface area contributed by atoms with Gasteiger partial charge in [-0.2, -0.15) is 0 Å². The van der Waals surface area contributed by atoms with Crippen molar-refractivity contribution in [2.45, 2.75) is 13.8 Å². The standard InChI is InChI=1S/C10H9BrN2/c1-6-10-8(11)4-3-5-9(10)13-7(2)12-6/h3-5H,1-2H3. The predicted molar refractivity (Wildman–Crippen MR) is 56.7 cm³/mol. The van der Waals surface area contributed by atoms with Crippen LogP contribution in [0.2, 0.25) is 0 Å². The Kier molecular flexibility index (Phi) is 2.04. The molecule has 0 spiro atoms. The Bertz CT molecular complexity index is 466. The third-order valence-corrected chi connectivity index (χ3v) is 2.63. The summed E-state index contributed by atoms with van der Waals surface area (Å²) in [5.41, 5.74) is 2.02. The molecule has 0 fully saturated rings. The molecule has 0 saturated carbocycles. The average molecular weight is 237 g/mol. The molecule has 2 aromatic rings. The number of rotatable bonds is 0. The molecule has 13 heavy (non-hydrogen) atoms. The molecule has 0 radical (unpaired) electrons. The van der Waals surface area contributed by atoms with Gasteiger partial charge in [0.25, 0.3) is 0 Å². The number of hydrogen-bond acceptors (Lipinski definition) is 2. The first-order valence-corrected chi connectivity index (χ1v) is 4.87. The van der Waals surface area contributed by atoms with E-state index in [0.29, 0.717) is 0 Å². The van der Waals surface area contributed by atoms with Crippen molar-refractivity contribution >= 4 is 26.8 Å². The Morgan fingerprint density at radius 1 is 1.15 bits per heavy atom. The van der Waals surface area contributed by atoms with Gasteiger partial charge in [-0.05, 0) is 26.0 Å². The SMILES string of the molecule is Cc1nc(C)c2c(Br)cccc2n1. The fourth-order valence-electron chi connectivity index (χ4n) is 1.46. The van der Waals surface area contributed by atoms with Crippen molar-refractivity contribution < 1.29 is 0 Å². The lowest BCUT2D eigenvalue weighted by Crippen LogP contribution is -1.93. The minimum atomic E-state index is 0.822. The van der Waals surface area contributed by atoms with Crippen molar-refractivity contribution in [3.63, 3.8) is 0 Å². The molecule has 0 bridgehead atoms. The monoisotopic (exact) mass is 236 g/mol. The van der Waals surface area contributed by atoms with Gasteiger partial charge in [0.1, 0.15) is 5.82 Å². The summed E-state index contributed by atoms with van der Waals surface area (Å²) in [7, 11) is 0. The molecule has 0 atom stereocenters. The zero-order valence-electron chi connectivity index (χ0n) is 7.50. The first-order valence-electron chi connectivity index (χ1n) is 4.08. The Balaban J connectivity index is 2.94. The molecule has 2 nitrogen and oxygen atoms in total. The third-order valence-electron chi connectivity index (χ3n) is 1.97. The second kappa shape index (κ2) is 3.07. The third kappa shape index (κ3) is 1.44. The molecule has 1 heterocycles. The van der Waals surface area contributed by atoms with E-state index >= 15 is 0 Å². The molecule has 0 aliphatic heterocycles. The van der Waals surface area contributed by atoms with E-state index in [-0.39, 0.29) is 0 Å². The summed E-state index contributed by atoms with van der Waals surface area (Å²) in [5, 5.41) is 1.10. The van der Waals surface area contributed by atoms with Crippen LogP contribution in [0.5, 0.6) is 0 Å². The molecule has 0 aliphatic rings. The summed E-state index contributed by atoms with van der Waals surface area (Å²) in [4.78, 5) is 8.68. The highest BCUT2D eigenvalue weighted by Crippen LogP contribution is 2.24. The fraction of sp³-hybridized carbons (Fsp3) is 0.200. The molecule has 0 N–H and O–H groups in total. The van der Waals surface area contributed by atoms with Gasteiger partial charge in [0.05, 0.1) is 5.52 Å². The zero-order valence-corrected chi connectivity index (χ0v) is 9.09. The van der Waals surface area contributed by atoms with E-state index in [0.717, 1.165) is 26.9 Å². The molecule has 3 heteroatoms. The van der Waals surface area contributed by atoms with Crippen LogP contribution in [0, 0.1) is 13.8 Å². The molecule has 0 unspecified atom stereocenters. The van der Waals surface area contributed by atoms with E-state index in [4.69, 9.17) is 0 Å². The number of fused-ring (bicyclic) bond motifs is 1.